The second kappa shape index (κ2) is 6.30. The smallest absolute Gasteiger partial charge is 0.291 e. The molecule has 1 aromatic carbocycles. The lowest BCUT2D eigenvalue weighted by Gasteiger charge is -2.24. The number of fused-ring (bicyclic) bond motifs is 2. The summed E-state index contributed by atoms with van der Waals surface area (Å²) in [6.45, 7) is 1.09. The van der Waals surface area contributed by atoms with Crippen LogP contribution in [0.1, 0.15) is 27.9 Å². The number of furan rings is 1. The fourth-order valence-electron chi connectivity index (χ4n) is 3.27. The first-order chi connectivity index (χ1) is 12.5. The van der Waals surface area contributed by atoms with Crippen molar-refractivity contribution in [3.63, 3.8) is 0 Å². The Morgan fingerprint density at radius 1 is 1.23 bits per heavy atom. The summed E-state index contributed by atoms with van der Waals surface area (Å²) in [6, 6.07) is 7.70. The number of rotatable bonds is 4. The van der Waals surface area contributed by atoms with E-state index in [2.05, 4.69) is 0 Å². The topological polar surface area (TPSA) is 66.9 Å². The van der Waals surface area contributed by atoms with Crippen LogP contribution in [-0.4, -0.2) is 42.9 Å². The zero-order valence-electron chi connectivity index (χ0n) is 14.4. The molecule has 7 heteroatoms. The van der Waals surface area contributed by atoms with Crippen molar-refractivity contribution in [1.82, 2.24) is 9.80 Å². The van der Waals surface area contributed by atoms with Gasteiger partial charge in [0.05, 0.1) is 17.2 Å². The minimum atomic E-state index is -0.605. The first kappa shape index (κ1) is 16.9. The highest BCUT2D eigenvalue weighted by Gasteiger charge is 2.43. The first-order valence-electron chi connectivity index (χ1n) is 8.22. The third-order valence-corrected chi connectivity index (χ3v) is 4.76. The fraction of sp³-hybridized carbons (Fsp3) is 0.263. The van der Waals surface area contributed by atoms with Crippen LogP contribution >= 0.6 is 11.6 Å². The van der Waals surface area contributed by atoms with Gasteiger partial charge in [0.25, 0.3) is 5.91 Å². The second-order valence-corrected chi connectivity index (χ2v) is 6.97. The fourth-order valence-corrected chi connectivity index (χ4v) is 3.45. The van der Waals surface area contributed by atoms with Crippen LogP contribution in [0.4, 0.5) is 0 Å². The Balaban J connectivity index is 1.94. The SMILES string of the molecule is CN(C)CCN1C(=O)c2oc3ccc(Cl)cc3c(=O)c2[C@H]1c1ccco1. The van der Waals surface area contributed by atoms with E-state index in [0.717, 1.165) is 0 Å². The van der Waals surface area contributed by atoms with Crippen LogP contribution in [0.15, 0.2) is 50.2 Å². The van der Waals surface area contributed by atoms with Gasteiger partial charge in [-0.3, -0.25) is 9.59 Å². The minimum absolute atomic E-state index is 0.0741. The largest absolute Gasteiger partial charge is 0.467 e. The summed E-state index contributed by atoms with van der Waals surface area (Å²) in [5, 5.41) is 0.795. The molecule has 0 aliphatic carbocycles. The highest BCUT2D eigenvalue weighted by Crippen LogP contribution is 2.38. The summed E-state index contributed by atoms with van der Waals surface area (Å²) < 4.78 is 11.3. The first-order valence-corrected chi connectivity index (χ1v) is 8.60. The highest BCUT2D eigenvalue weighted by atomic mass is 35.5. The average Bonchev–Trinajstić information content (AvgIpc) is 3.21. The van der Waals surface area contributed by atoms with E-state index in [0.29, 0.717) is 40.4 Å². The molecule has 1 aliphatic heterocycles. The van der Waals surface area contributed by atoms with Gasteiger partial charge in [-0.1, -0.05) is 11.6 Å². The number of amides is 1. The molecule has 0 saturated heterocycles. The summed E-state index contributed by atoms with van der Waals surface area (Å²) in [5.74, 6) is 0.298. The standard InChI is InChI=1S/C19H17ClN2O4/c1-21(2)7-8-22-16(14-4-3-9-25-14)15-17(23)12-10-11(20)5-6-13(12)26-18(15)19(22)24/h3-6,9-10,16H,7-8H2,1-2H3/t16-/m1/s1. The number of likely N-dealkylation sites (N-methyl/N-ethyl adjacent to an activating group) is 1. The summed E-state index contributed by atoms with van der Waals surface area (Å²) in [6.07, 6.45) is 1.53. The third kappa shape index (κ3) is 2.62. The summed E-state index contributed by atoms with van der Waals surface area (Å²) in [7, 11) is 3.85. The molecule has 0 bridgehead atoms. The molecule has 0 saturated carbocycles. The molecule has 26 heavy (non-hydrogen) atoms. The number of hydrogen-bond donors (Lipinski definition) is 0. The van der Waals surface area contributed by atoms with E-state index in [-0.39, 0.29) is 17.1 Å². The molecule has 3 aromatic rings. The Hall–Kier alpha value is -2.57. The van der Waals surface area contributed by atoms with E-state index in [4.69, 9.17) is 20.4 Å². The molecule has 4 rings (SSSR count). The predicted molar refractivity (Wildman–Crippen MR) is 97.6 cm³/mol. The minimum Gasteiger partial charge on any atom is -0.467 e. The molecule has 3 heterocycles. The normalized spacial score (nSPS) is 16.7. The van der Waals surface area contributed by atoms with Crippen molar-refractivity contribution >= 4 is 28.5 Å². The average molecular weight is 373 g/mol. The van der Waals surface area contributed by atoms with Crippen molar-refractivity contribution in [3.05, 3.63) is 68.9 Å². The Labute approximate surface area is 154 Å². The van der Waals surface area contributed by atoms with Crippen molar-refractivity contribution in [2.24, 2.45) is 0 Å². The van der Waals surface area contributed by atoms with E-state index >= 15 is 0 Å². The molecule has 0 spiro atoms. The van der Waals surface area contributed by atoms with Gasteiger partial charge in [-0.15, -0.1) is 0 Å². The van der Waals surface area contributed by atoms with Gasteiger partial charge in [-0.05, 0) is 44.4 Å². The number of nitrogens with zero attached hydrogens (tertiary/aromatic N) is 2. The van der Waals surface area contributed by atoms with Gasteiger partial charge in [-0.2, -0.15) is 0 Å². The Morgan fingerprint density at radius 3 is 2.73 bits per heavy atom. The third-order valence-electron chi connectivity index (χ3n) is 4.53. The molecule has 0 radical (unpaired) electrons. The van der Waals surface area contributed by atoms with Crippen LogP contribution in [0.5, 0.6) is 0 Å². The van der Waals surface area contributed by atoms with Gasteiger partial charge < -0.3 is 18.6 Å². The molecular formula is C19H17ClN2O4. The van der Waals surface area contributed by atoms with E-state index < -0.39 is 6.04 Å². The van der Waals surface area contributed by atoms with Crippen LogP contribution in [0.3, 0.4) is 0 Å². The summed E-state index contributed by atoms with van der Waals surface area (Å²) in [4.78, 5) is 29.7. The lowest BCUT2D eigenvalue weighted by molar-refractivity contribution is 0.0702. The van der Waals surface area contributed by atoms with Crippen molar-refractivity contribution in [1.29, 1.82) is 0 Å². The van der Waals surface area contributed by atoms with Crippen molar-refractivity contribution in [2.45, 2.75) is 6.04 Å². The van der Waals surface area contributed by atoms with Crippen LogP contribution < -0.4 is 5.43 Å². The molecule has 0 N–H and O–H groups in total. The van der Waals surface area contributed by atoms with Crippen LogP contribution in [0.2, 0.25) is 5.02 Å². The zero-order chi connectivity index (χ0) is 18.4. The van der Waals surface area contributed by atoms with E-state index in [9.17, 15) is 9.59 Å². The molecule has 2 aromatic heterocycles. The summed E-state index contributed by atoms with van der Waals surface area (Å²) in [5.41, 5.74) is 0.392. The highest BCUT2D eigenvalue weighted by molar-refractivity contribution is 6.31. The number of carbonyl (C=O) groups excluding carboxylic acids is 1. The van der Waals surface area contributed by atoms with Crippen LogP contribution in [0, 0.1) is 0 Å². The van der Waals surface area contributed by atoms with E-state index in [1.54, 1.807) is 35.2 Å². The Kier molecular flexibility index (Phi) is 4.09. The van der Waals surface area contributed by atoms with Crippen molar-refractivity contribution in [3.8, 4) is 0 Å². The van der Waals surface area contributed by atoms with Gasteiger partial charge in [0.1, 0.15) is 17.4 Å². The lowest BCUT2D eigenvalue weighted by atomic mass is 10.0. The van der Waals surface area contributed by atoms with Crippen LogP contribution in [0.25, 0.3) is 11.0 Å². The maximum atomic E-state index is 13.2. The van der Waals surface area contributed by atoms with Crippen LogP contribution in [-0.2, 0) is 0 Å². The molecule has 1 aliphatic rings. The molecule has 0 unspecified atom stereocenters. The maximum Gasteiger partial charge on any atom is 0.291 e. The zero-order valence-corrected chi connectivity index (χ0v) is 15.1. The van der Waals surface area contributed by atoms with Gasteiger partial charge in [-0.25, -0.2) is 0 Å². The molecule has 1 amide bonds. The van der Waals surface area contributed by atoms with E-state index in [1.807, 2.05) is 19.0 Å². The van der Waals surface area contributed by atoms with Gasteiger partial charge in [0.15, 0.2) is 5.43 Å². The summed E-state index contributed by atoms with van der Waals surface area (Å²) >= 11 is 6.04. The Morgan fingerprint density at radius 2 is 2.04 bits per heavy atom. The predicted octanol–water partition coefficient (Wildman–Crippen LogP) is 3.15. The number of carbonyl (C=O) groups is 1. The van der Waals surface area contributed by atoms with Crippen molar-refractivity contribution in [2.75, 3.05) is 27.2 Å². The van der Waals surface area contributed by atoms with Gasteiger partial charge in [0, 0.05) is 18.1 Å². The maximum absolute atomic E-state index is 13.2. The molecule has 0 fully saturated rings. The Bertz CT molecular complexity index is 1040. The molecule has 6 nitrogen and oxygen atoms in total. The number of hydrogen-bond acceptors (Lipinski definition) is 5. The molecule has 1 atom stereocenters. The number of benzene rings is 1. The molecular weight excluding hydrogens is 356 g/mol. The van der Waals surface area contributed by atoms with Gasteiger partial charge in [0.2, 0.25) is 5.76 Å². The monoisotopic (exact) mass is 372 g/mol. The van der Waals surface area contributed by atoms with Gasteiger partial charge >= 0.3 is 0 Å². The van der Waals surface area contributed by atoms with Crippen molar-refractivity contribution < 1.29 is 13.6 Å². The quantitative estimate of drug-likeness (QED) is 0.703. The van der Waals surface area contributed by atoms with E-state index in [1.165, 1.54) is 6.26 Å². The second-order valence-electron chi connectivity index (χ2n) is 6.53. The lowest BCUT2D eigenvalue weighted by Crippen LogP contribution is -2.35. The number of halogens is 1. The molecule has 134 valence electrons.